The van der Waals surface area contributed by atoms with Crippen molar-refractivity contribution >= 4 is 5.69 Å². The lowest BCUT2D eigenvalue weighted by Crippen LogP contribution is -2.36. The molecule has 2 aliphatic rings. The van der Waals surface area contributed by atoms with Crippen LogP contribution in [0.1, 0.15) is 12.8 Å². The van der Waals surface area contributed by atoms with Crippen molar-refractivity contribution in [1.82, 2.24) is 0 Å². The van der Waals surface area contributed by atoms with Crippen LogP contribution in [0.2, 0.25) is 0 Å². The first-order chi connectivity index (χ1) is 8.88. The van der Waals surface area contributed by atoms with E-state index in [1.54, 1.807) is 0 Å². The number of piperidine rings is 1. The lowest BCUT2D eigenvalue weighted by atomic mass is 9.96. The molecule has 2 heterocycles. The van der Waals surface area contributed by atoms with Crippen LogP contribution in [0.15, 0.2) is 18.2 Å². The highest BCUT2D eigenvalue weighted by Crippen LogP contribution is 2.40. The number of nitrogens with two attached hydrogens (primary N) is 1. The molecule has 98 valence electrons. The van der Waals surface area contributed by atoms with Crippen LogP contribution in [0.5, 0.6) is 11.5 Å². The number of hydrogen-bond donors (Lipinski definition) is 1. The van der Waals surface area contributed by atoms with Crippen LogP contribution in [-0.4, -0.2) is 32.8 Å². The first kappa shape index (κ1) is 11.7. The molecule has 0 radical (unpaired) electrons. The molecule has 1 aromatic rings. The molecule has 3 rings (SSSR count). The number of hydrogen-bond acceptors (Lipinski definition) is 4. The summed E-state index contributed by atoms with van der Waals surface area (Å²) in [7, 11) is 0. The molecule has 1 aromatic carbocycles. The van der Waals surface area contributed by atoms with Crippen molar-refractivity contribution in [2.24, 2.45) is 11.7 Å². The largest absolute Gasteiger partial charge is 0.486 e. The van der Waals surface area contributed by atoms with E-state index in [1.165, 1.54) is 18.5 Å². The lowest BCUT2D eigenvalue weighted by Gasteiger charge is -2.35. The first-order valence-corrected chi connectivity index (χ1v) is 6.72. The van der Waals surface area contributed by atoms with Crippen LogP contribution in [-0.2, 0) is 0 Å². The van der Waals surface area contributed by atoms with Gasteiger partial charge in [0.1, 0.15) is 13.2 Å². The zero-order valence-electron chi connectivity index (χ0n) is 10.6. The van der Waals surface area contributed by atoms with Gasteiger partial charge in [-0.15, -0.1) is 0 Å². The Morgan fingerprint density at radius 1 is 1.17 bits per heavy atom. The van der Waals surface area contributed by atoms with E-state index in [4.69, 9.17) is 15.2 Å². The van der Waals surface area contributed by atoms with E-state index < -0.39 is 0 Å². The molecule has 4 heteroatoms. The van der Waals surface area contributed by atoms with Crippen molar-refractivity contribution in [3.63, 3.8) is 0 Å². The third kappa shape index (κ3) is 2.12. The zero-order valence-corrected chi connectivity index (χ0v) is 10.6. The van der Waals surface area contributed by atoms with Crippen molar-refractivity contribution in [2.75, 3.05) is 37.7 Å². The monoisotopic (exact) mass is 248 g/mol. The fraction of sp³-hybridized carbons (Fsp3) is 0.571. The summed E-state index contributed by atoms with van der Waals surface area (Å²) < 4.78 is 11.4. The van der Waals surface area contributed by atoms with Crippen molar-refractivity contribution in [2.45, 2.75) is 12.8 Å². The molecule has 0 unspecified atom stereocenters. The van der Waals surface area contributed by atoms with Gasteiger partial charge in [0.05, 0.1) is 5.69 Å². The third-order valence-electron chi connectivity index (χ3n) is 3.83. The van der Waals surface area contributed by atoms with Crippen molar-refractivity contribution < 1.29 is 9.47 Å². The van der Waals surface area contributed by atoms with Crippen LogP contribution >= 0.6 is 0 Å². The van der Waals surface area contributed by atoms with Crippen LogP contribution in [0.25, 0.3) is 0 Å². The van der Waals surface area contributed by atoms with E-state index in [0.717, 1.165) is 31.1 Å². The molecule has 0 aromatic heterocycles. The number of anilines is 1. The number of benzene rings is 1. The molecule has 4 nitrogen and oxygen atoms in total. The zero-order chi connectivity index (χ0) is 12.4. The highest BCUT2D eigenvalue weighted by atomic mass is 16.6. The minimum absolute atomic E-state index is 0.642. The second-order valence-corrected chi connectivity index (χ2v) is 4.97. The van der Waals surface area contributed by atoms with Gasteiger partial charge in [0.2, 0.25) is 0 Å². The lowest BCUT2D eigenvalue weighted by molar-refractivity contribution is 0.172. The number of nitrogens with zero attached hydrogens (tertiary/aromatic N) is 1. The van der Waals surface area contributed by atoms with E-state index in [1.807, 2.05) is 12.1 Å². The number of fused-ring (bicyclic) bond motifs is 1. The van der Waals surface area contributed by atoms with Gasteiger partial charge in [-0.25, -0.2) is 0 Å². The number of rotatable bonds is 2. The predicted molar refractivity (Wildman–Crippen MR) is 71.4 cm³/mol. The van der Waals surface area contributed by atoms with Gasteiger partial charge in [-0.05, 0) is 37.4 Å². The van der Waals surface area contributed by atoms with Crippen molar-refractivity contribution in [3.05, 3.63) is 18.2 Å². The van der Waals surface area contributed by atoms with E-state index in [9.17, 15) is 0 Å². The van der Waals surface area contributed by atoms with Gasteiger partial charge >= 0.3 is 0 Å². The van der Waals surface area contributed by atoms with Crippen LogP contribution in [0, 0.1) is 5.92 Å². The topological polar surface area (TPSA) is 47.7 Å². The van der Waals surface area contributed by atoms with E-state index in [-0.39, 0.29) is 0 Å². The fourth-order valence-corrected chi connectivity index (χ4v) is 2.72. The summed E-state index contributed by atoms with van der Waals surface area (Å²) in [4.78, 5) is 2.39. The molecule has 1 saturated heterocycles. The molecule has 0 aliphatic carbocycles. The summed E-state index contributed by atoms with van der Waals surface area (Å²) >= 11 is 0. The first-order valence-electron chi connectivity index (χ1n) is 6.72. The molecule has 2 N–H and O–H groups in total. The second kappa shape index (κ2) is 5.06. The summed E-state index contributed by atoms with van der Waals surface area (Å²) in [6, 6.07) is 6.14. The SMILES string of the molecule is NCC1CCN(c2cccc3c2OCCO3)CC1. The molecule has 2 aliphatic heterocycles. The Morgan fingerprint density at radius 2 is 1.94 bits per heavy atom. The maximum atomic E-state index is 5.77. The number of para-hydroxylation sites is 1. The number of ether oxygens (including phenoxy) is 2. The Bertz CT molecular complexity index is 414. The predicted octanol–water partition coefficient (Wildman–Crippen LogP) is 1.63. The Hall–Kier alpha value is -1.42. The average molecular weight is 248 g/mol. The Morgan fingerprint density at radius 3 is 2.72 bits per heavy atom. The fourth-order valence-electron chi connectivity index (χ4n) is 2.72. The van der Waals surface area contributed by atoms with E-state index >= 15 is 0 Å². The molecule has 0 saturated carbocycles. The van der Waals surface area contributed by atoms with Crippen molar-refractivity contribution in [3.8, 4) is 11.5 Å². The molecular formula is C14H20N2O2. The minimum atomic E-state index is 0.642. The van der Waals surface area contributed by atoms with Gasteiger partial charge in [-0.3, -0.25) is 0 Å². The highest BCUT2D eigenvalue weighted by molar-refractivity contribution is 5.65. The van der Waals surface area contributed by atoms with Crippen molar-refractivity contribution in [1.29, 1.82) is 0 Å². The van der Waals surface area contributed by atoms with Gasteiger partial charge in [0.15, 0.2) is 11.5 Å². The Balaban J connectivity index is 1.80. The van der Waals surface area contributed by atoms with Gasteiger partial charge in [0, 0.05) is 13.1 Å². The molecule has 18 heavy (non-hydrogen) atoms. The van der Waals surface area contributed by atoms with Gasteiger partial charge < -0.3 is 20.1 Å². The van der Waals surface area contributed by atoms with E-state index in [0.29, 0.717) is 19.1 Å². The van der Waals surface area contributed by atoms with Crippen LogP contribution < -0.4 is 20.1 Å². The molecule has 1 fully saturated rings. The summed E-state index contributed by atoms with van der Waals surface area (Å²) in [5.74, 6) is 2.47. The van der Waals surface area contributed by atoms with Crippen LogP contribution in [0.3, 0.4) is 0 Å². The molecule has 0 bridgehead atoms. The van der Waals surface area contributed by atoms with Gasteiger partial charge in [-0.1, -0.05) is 6.07 Å². The summed E-state index contributed by atoms with van der Waals surface area (Å²) in [6.45, 7) is 4.21. The third-order valence-corrected chi connectivity index (χ3v) is 3.83. The maximum absolute atomic E-state index is 5.77. The summed E-state index contributed by atoms with van der Waals surface area (Å²) in [5, 5.41) is 0. The molecule has 0 amide bonds. The summed E-state index contributed by atoms with van der Waals surface area (Å²) in [5.41, 5.74) is 6.90. The molecule has 0 spiro atoms. The van der Waals surface area contributed by atoms with Gasteiger partial charge in [-0.2, -0.15) is 0 Å². The molecule has 0 atom stereocenters. The quantitative estimate of drug-likeness (QED) is 0.864. The second-order valence-electron chi connectivity index (χ2n) is 4.97. The summed E-state index contributed by atoms with van der Waals surface area (Å²) in [6.07, 6.45) is 2.34. The Labute approximate surface area is 108 Å². The normalized spacial score (nSPS) is 19.9. The smallest absolute Gasteiger partial charge is 0.184 e. The standard InChI is InChI=1S/C14H20N2O2/c15-10-11-4-6-16(7-5-11)12-2-1-3-13-14(12)18-9-8-17-13/h1-3,11H,4-10,15H2. The minimum Gasteiger partial charge on any atom is -0.486 e. The average Bonchev–Trinajstić information content (AvgIpc) is 2.47. The maximum Gasteiger partial charge on any atom is 0.184 e. The van der Waals surface area contributed by atoms with Gasteiger partial charge in [0.25, 0.3) is 0 Å². The van der Waals surface area contributed by atoms with Crippen LogP contribution in [0.4, 0.5) is 5.69 Å². The Kier molecular flexibility index (Phi) is 3.28. The highest BCUT2D eigenvalue weighted by Gasteiger charge is 2.23. The van der Waals surface area contributed by atoms with E-state index in [2.05, 4.69) is 11.0 Å². The molecular weight excluding hydrogens is 228 g/mol.